The van der Waals surface area contributed by atoms with Gasteiger partial charge < -0.3 is 9.73 Å². The maximum absolute atomic E-state index is 5.70. The molecule has 0 atom stereocenters. The number of rotatable bonds is 7. The second kappa shape index (κ2) is 7.84. The molecule has 3 nitrogen and oxygen atoms in total. The van der Waals surface area contributed by atoms with E-state index < -0.39 is 0 Å². The van der Waals surface area contributed by atoms with Gasteiger partial charge in [0.05, 0.1) is 12.8 Å². The van der Waals surface area contributed by atoms with E-state index in [9.17, 15) is 0 Å². The Hall–Kier alpha value is -0.800. The minimum absolute atomic E-state index is 0.696. The molecule has 1 aromatic heterocycles. The maximum Gasteiger partial charge on any atom is 0.118 e. The second-order valence-electron chi connectivity index (χ2n) is 6.57. The number of hydrogen-bond acceptors (Lipinski definition) is 3. The predicted octanol–water partition coefficient (Wildman–Crippen LogP) is 3.65. The van der Waals surface area contributed by atoms with Crippen molar-refractivity contribution < 1.29 is 4.42 Å². The third-order valence-corrected chi connectivity index (χ3v) is 4.25. The summed E-state index contributed by atoms with van der Waals surface area (Å²) in [5.41, 5.74) is 1.27. The first-order valence-electron chi connectivity index (χ1n) is 8.16. The lowest BCUT2D eigenvalue weighted by atomic mass is 9.94. The van der Waals surface area contributed by atoms with Crippen molar-refractivity contribution in [1.29, 1.82) is 0 Å². The Morgan fingerprint density at radius 3 is 2.75 bits per heavy atom. The van der Waals surface area contributed by atoms with Gasteiger partial charge >= 0.3 is 0 Å². The van der Waals surface area contributed by atoms with E-state index in [-0.39, 0.29) is 0 Å². The van der Waals surface area contributed by atoms with Crippen molar-refractivity contribution in [3.63, 3.8) is 0 Å². The first-order valence-corrected chi connectivity index (χ1v) is 8.16. The van der Waals surface area contributed by atoms with Crippen LogP contribution in [0.4, 0.5) is 0 Å². The van der Waals surface area contributed by atoms with Gasteiger partial charge in [-0.2, -0.15) is 0 Å². The largest absolute Gasteiger partial charge is 0.468 e. The molecular weight excluding hydrogens is 248 g/mol. The molecule has 2 rings (SSSR count). The van der Waals surface area contributed by atoms with Gasteiger partial charge in [0.1, 0.15) is 5.76 Å². The zero-order valence-corrected chi connectivity index (χ0v) is 13.3. The summed E-state index contributed by atoms with van der Waals surface area (Å²) in [6.07, 6.45) is 5.93. The molecule has 3 heteroatoms. The molecule has 0 aromatic carbocycles. The highest BCUT2D eigenvalue weighted by atomic mass is 16.3. The fourth-order valence-corrected chi connectivity index (χ4v) is 2.88. The van der Waals surface area contributed by atoms with Gasteiger partial charge in [-0.3, -0.25) is 4.90 Å². The third kappa shape index (κ3) is 4.95. The van der Waals surface area contributed by atoms with Crippen molar-refractivity contribution in [1.82, 2.24) is 10.2 Å². The van der Waals surface area contributed by atoms with Crippen LogP contribution in [-0.4, -0.2) is 24.5 Å². The van der Waals surface area contributed by atoms with Crippen molar-refractivity contribution in [3.05, 3.63) is 23.7 Å². The fourth-order valence-electron chi connectivity index (χ4n) is 2.88. The number of likely N-dealkylation sites (tertiary alicyclic amines) is 1. The molecule has 1 saturated heterocycles. The normalized spacial score (nSPS) is 18.0. The molecule has 0 saturated carbocycles. The van der Waals surface area contributed by atoms with Gasteiger partial charge in [0.25, 0.3) is 0 Å². The zero-order valence-electron chi connectivity index (χ0n) is 13.3. The molecule has 0 amide bonds. The molecule has 114 valence electrons. The van der Waals surface area contributed by atoms with E-state index in [2.05, 4.69) is 37.1 Å². The Bertz CT molecular complexity index is 378. The highest BCUT2D eigenvalue weighted by molar-refractivity contribution is 5.12. The first kappa shape index (κ1) is 15.6. The van der Waals surface area contributed by atoms with Crippen molar-refractivity contribution in [2.75, 3.05) is 19.6 Å². The van der Waals surface area contributed by atoms with E-state index in [4.69, 9.17) is 4.42 Å². The van der Waals surface area contributed by atoms with Crippen LogP contribution >= 0.6 is 0 Å². The van der Waals surface area contributed by atoms with Gasteiger partial charge in [0, 0.05) is 12.1 Å². The van der Waals surface area contributed by atoms with Gasteiger partial charge in [0.15, 0.2) is 0 Å². The summed E-state index contributed by atoms with van der Waals surface area (Å²) in [4.78, 5) is 2.52. The van der Waals surface area contributed by atoms with Crippen LogP contribution in [0.3, 0.4) is 0 Å². The fraction of sp³-hybridized carbons (Fsp3) is 0.765. The van der Waals surface area contributed by atoms with Crippen LogP contribution < -0.4 is 5.32 Å². The minimum atomic E-state index is 0.696. The lowest BCUT2D eigenvalue weighted by Crippen LogP contribution is -2.32. The van der Waals surface area contributed by atoms with E-state index >= 15 is 0 Å². The van der Waals surface area contributed by atoms with Crippen LogP contribution in [-0.2, 0) is 13.1 Å². The van der Waals surface area contributed by atoms with Crippen LogP contribution in [0.5, 0.6) is 0 Å². The minimum Gasteiger partial charge on any atom is -0.468 e. The second-order valence-corrected chi connectivity index (χ2v) is 6.57. The van der Waals surface area contributed by atoms with Crippen molar-refractivity contribution in [2.24, 2.45) is 11.8 Å². The van der Waals surface area contributed by atoms with Gasteiger partial charge in [0.2, 0.25) is 0 Å². The zero-order chi connectivity index (χ0) is 14.4. The van der Waals surface area contributed by atoms with E-state index in [1.165, 1.54) is 37.9 Å². The van der Waals surface area contributed by atoms with E-state index in [0.29, 0.717) is 5.92 Å². The molecule has 1 aromatic rings. The maximum atomic E-state index is 5.70. The number of hydrogen-bond donors (Lipinski definition) is 1. The van der Waals surface area contributed by atoms with Crippen molar-refractivity contribution in [3.8, 4) is 0 Å². The van der Waals surface area contributed by atoms with Gasteiger partial charge in [-0.05, 0) is 50.4 Å². The van der Waals surface area contributed by atoms with Crippen LogP contribution in [0.2, 0.25) is 0 Å². The number of nitrogens with one attached hydrogen (secondary N) is 1. The monoisotopic (exact) mass is 278 g/mol. The topological polar surface area (TPSA) is 28.4 Å². The van der Waals surface area contributed by atoms with Gasteiger partial charge in [-0.25, -0.2) is 0 Å². The van der Waals surface area contributed by atoms with E-state index in [1.54, 1.807) is 0 Å². The van der Waals surface area contributed by atoms with Crippen molar-refractivity contribution >= 4 is 0 Å². The first-order chi connectivity index (χ1) is 9.67. The summed E-state index contributed by atoms with van der Waals surface area (Å²) in [6.45, 7) is 12.2. The Kier molecular flexibility index (Phi) is 6.11. The molecule has 1 aliphatic rings. The quantitative estimate of drug-likeness (QED) is 0.825. The Labute approximate surface area is 123 Å². The molecule has 0 bridgehead atoms. The molecule has 0 aliphatic carbocycles. The van der Waals surface area contributed by atoms with Gasteiger partial charge in [-0.1, -0.05) is 27.2 Å². The summed E-state index contributed by atoms with van der Waals surface area (Å²) in [5, 5.41) is 3.46. The average molecular weight is 278 g/mol. The highest BCUT2D eigenvalue weighted by Crippen LogP contribution is 2.21. The lowest BCUT2D eigenvalue weighted by molar-refractivity contribution is 0.164. The summed E-state index contributed by atoms with van der Waals surface area (Å²) >= 11 is 0. The third-order valence-electron chi connectivity index (χ3n) is 4.25. The Balaban J connectivity index is 1.72. The van der Waals surface area contributed by atoms with Crippen molar-refractivity contribution in [2.45, 2.75) is 53.1 Å². The van der Waals surface area contributed by atoms with Crippen LogP contribution in [0.15, 0.2) is 16.7 Å². The smallest absolute Gasteiger partial charge is 0.118 e. The molecule has 0 unspecified atom stereocenters. The van der Waals surface area contributed by atoms with Gasteiger partial charge in [-0.15, -0.1) is 0 Å². The molecule has 0 spiro atoms. The van der Waals surface area contributed by atoms with Crippen LogP contribution in [0.25, 0.3) is 0 Å². The SMILES string of the molecule is CCC1CCN(Cc2cc(CNCC(C)C)co2)CC1. The molecule has 1 fully saturated rings. The standard InChI is InChI=1S/C17H30N2O/c1-4-15-5-7-19(8-6-15)12-17-9-16(13-20-17)11-18-10-14(2)3/h9,13-15,18H,4-8,10-12H2,1-3H3. The Morgan fingerprint density at radius 2 is 2.10 bits per heavy atom. The highest BCUT2D eigenvalue weighted by Gasteiger charge is 2.18. The summed E-state index contributed by atoms with van der Waals surface area (Å²) < 4.78 is 5.70. The Morgan fingerprint density at radius 1 is 1.35 bits per heavy atom. The van der Waals surface area contributed by atoms with E-state index in [1.807, 2.05) is 6.26 Å². The summed E-state index contributed by atoms with van der Waals surface area (Å²) in [6, 6.07) is 2.21. The molecule has 1 aliphatic heterocycles. The number of furan rings is 1. The summed E-state index contributed by atoms with van der Waals surface area (Å²) in [7, 11) is 0. The summed E-state index contributed by atoms with van der Waals surface area (Å²) in [5.74, 6) is 2.75. The molecule has 20 heavy (non-hydrogen) atoms. The van der Waals surface area contributed by atoms with E-state index in [0.717, 1.165) is 31.3 Å². The molecular formula is C17H30N2O. The lowest BCUT2D eigenvalue weighted by Gasteiger charge is -2.30. The molecule has 1 N–H and O–H groups in total. The number of piperidine rings is 1. The van der Waals surface area contributed by atoms with Crippen LogP contribution in [0, 0.1) is 11.8 Å². The molecule has 2 heterocycles. The molecule has 0 radical (unpaired) electrons. The average Bonchev–Trinajstić information content (AvgIpc) is 2.87. The van der Waals surface area contributed by atoms with Crippen LogP contribution in [0.1, 0.15) is 51.4 Å². The predicted molar refractivity (Wildman–Crippen MR) is 83.5 cm³/mol. The number of nitrogens with zero attached hydrogens (tertiary/aromatic N) is 1.